The third-order valence-electron chi connectivity index (χ3n) is 2.89. The Hall–Kier alpha value is -2.21. The minimum atomic E-state index is -0.233. The van der Waals surface area contributed by atoms with Crippen LogP contribution in [0, 0.1) is 0 Å². The Balaban J connectivity index is 1.80. The highest BCUT2D eigenvalue weighted by Crippen LogP contribution is 2.34. The number of nitrogens with one attached hydrogen (secondary N) is 1. The number of fused-ring (bicyclic) bond motifs is 1. The number of carbonyl (C=O) groups is 1. The van der Waals surface area contributed by atoms with Crippen LogP contribution < -0.4 is 20.5 Å². The van der Waals surface area contributed by atoms with Gasteiger partial charge in [0, 0.05) is 27.5 Å². The monoisotopic (exact) mass is 334 g/mol. The molecule has 2 aromatic carbocycles. The highest BCUT2D eigenvalue weighted by atomic mass is 79.9. The van der Waals surface area contributed by atoms with E-state index in [1.807, 2.05) is 0 Å². The summed E-state index contributed by atoms with van der Waals surface area (Å²) in [5, 5.41) is 2.79. The summed E-state index contributed by atoms with van der Waals surface area (Å²) in [4.78, 5) is 12.1. The smallest absolute Gasteiger partial charge is 0.255 e. The van der Waals surface area contributed by atoms with Crippen molar-refractivity contribution in [3.8, 4) is 11.5 Å². The number of ether oxygens (including phenoxy) is 2. The van der Waals surface area contributed by atoms with Crippen molar-refractivity contribution in [3.05, 3.63) is 46.4 Å². The average Bonchev–Trinajstić information content (AvgIpc) is 2.89. The van der Waals surface area contributed by atoms with Gasteiger partial charge >= 0.3 is 0 Å². The molecule has 0 aromatic heterocycles. The molecule has 0 spiro atoms. The minimum absolute atomic E-state index is 0.204. The van der Waals surface area contributed by atoms with Crippen LogP contribution in [-0.4, -0.2) is 12.7 Å². The lowest BCUT2D eigenvalue weighted by Gasteiger charge is -2.07. The van der Waals surface area contributed by atoms with E-state index in [4.69, 9.17) is 15.2 Å². The molecule has 3 rings (SSSR count). The topological polar surface area (TPSA) is 73.6 Å². The summed E-state index contributed by atoms with van der Waals surface area (Å²) in [6.07, 6.45) is 0. The van der Waals surface area contributed by atoms with Gasteiger partial charge in [0.05, 0.1) is 0 Å². The van der Waals surface area contributed by atoms with Crippen LogP contribution in [0.15, 0.2) is 40.9 Å². The molecular weight excluding hydrogens is 324 g/mol. The van der Waals surface area contributed by atoms with Gasteiger partial charge in [-0.3, -0.25) is 4.79 Å². The maximum Gasteiger partial charge on any atom is 0.255 e. The minimum Gasteiger partial charge on any atom is -0.454 e. The second-order valence-corrected chi connectivity index (χ2v) is 5.11. The predicted molar refractivity (Wildman–Crippen MR) is 79.1 cm³/mol. The molecule has 2 aromatic rings. The highest BCUT2D eigenvalue weighted by molar-refractivity contribution is 9.10. The maximum absolute atomic E-state index is 12.1. The van der Waals surface area contributed by atoms with Crippen molar-refractivity contribution in [1.82, 2.24) is 0 Å². The summed E-state index contributed by atoms with van der Waals surface area (Å²) in [6.45, 7) is 0.204. The fourth-order valence-corrected chi connectivity index (χ4v) is 2.11. The van der Waals surface area contributed by atoms with E-state index in [1.165, 1.54) is 0 Å². The fraction of sp³-hybridized carbons (Fsp3) is 0.0714. The second kappa shape index (κ2) is 5.05. The molecule has 0 atom stereocenters. The molecule has 1 heterocycles. The number of nitrogens with two attached hydrogens (primary N) is 1. The summed E-state index contributed by atoms with van der Waals surface area (Å²) in [5.74, 6) is 1.07. The zero-order chi connectivity index (χ0) is 14.1. The van der Waals surface area contributed by atoms with Gasteiger partial charge in [-0.2, -0.15) is 0 Å². The standard InChI is InChI=1S/C14H11BrN2O3/c15-10-3-1-8(5-11(10)16)14(18)17-9-2-4-12-13(6-9)20-7-19-12/h1-6H,7,16H2,(H,17,18). The number of hydrogen-bond donors (Lipinski definition) is 2. The lowest BCUT2D eigenvalue weighted by atomic mass is 10.2. The first-order valence-electron chi connectivity index (χ1n) is 5.89. The van der Waals surface area contributed by atoms with Gasteiger partial charge in [-0.25, -0.2) is 0 Å². The summed E-state index contributed by atoms with van der Waals surface area (Å²) < 4.78 is 11.2. The number of nitrogen functional groups attached to an aromatic ring is 1. The number of amides is 1. The van der Waals surface area contributed by atoms with Crippen LogP contribution in [0.3, 0.4) is 0 Å². The number of hydrogen-bond acceptors (Lipinski definition) is 4. The number of anilines is 2. The molecule has 1 amide bonds. The van der Waals surface area contributed by atoms with Crippen molar-refractivity contribution >= 4 is 33.2 Å². The van der Waals surface area contributed by atoms with Crippen molar-refractivity contribution in [1.29, 1.82) is 0 Å². The van der Waals surface area contributed by atoms with Crippen LogP contribution in [0.5, 0.6) is 11.5 Å². The molecule has 0 radical (unpaired) electrons. The van der Waals surface area contributed by atoms with Gasteiger partial charge in [0.25, 0.3) is 5.91 Å². The summed E-state index contributed by atoms with van der Waals surface area (Å²) in [5.41, 5.74) is 7.41. The first kappa shape index (κ1) is 12.8. The molecule has 5 nitrogen and oxygen atoms in total. The van der Waals surface area contributed by atoms with E-state index in [2.05, 4.69) is 21.2 Å². The molecule has 0 bridgehead atoms. The molecule has 0 aliphatic carbocycles. The molecule has 0 saturated heterocycles. The van der Waals surface area contributed by atoms with Crippen LogP contribution in [-0.2, 0) is 0 Å². The van der Waals surface area contributed by atoms with E-state index in [0.717, 1.165) is 4.47 Å². The van der Waals surface area contributed by atoms with Gasteiger partial charge in [0.1, 0.15) is 0 Å². The molecule has 3 N–H and O–H groups in total. The molecule has 1 aliphatic heterocycles. The second-order valence-electron chi connectivity index (χ2n) is 4.26. The third kappa shape index (κ3) is 2.42. The largest absolute Gasteiger partial charge is 0.454 e. The Morgan fingerprint density at radius 1 is 1.15 bits per heavy atom. The average molecular weight is 335 g/mol. The van der Waals surface area contributed by atoms with E-state index >= 15 is 0 Å². The van der Waals surface area contributed by atoms with Gasteiger partial charge in [-0.15, -0.1) is 0 Å². The fourth-order valence-electron chi connectivity index (χ4n) is 1.86. The van der Waals surface area contributed by atoms with Gasteiger partial charge < -0.3 is 20.5 Å². The molecule has 1 aliphatic rings. The van der Waals surface area contributed by atoms with Gasteiger partial charge in [0.2, 0.25) is 6.79 Å². The van der Waals surface area contributed by atoms with Crippen molar-refractivity contribution in [3.63, 3.8) is 0 Å². The van der Waals surface area contributed by atoms with Crippen LogP contribution in [0.4, 0.5) is 11.4 Å². The zero-order valence-electron chi connectivity index (χ0n) is 10.4. The third-order valence-corrected chi connectivity index (χ3v) is 3.61. The van der Waals surface area contributed by atoms with Crippen molar-refractivity contribution in [2.24, 2.45) is 0 Å². The molecule has 0 saturated carbocycles. The van der Waals surface area contributed by atoms with Crippen LogP contribution in [0.2, 0.25) is 0 Å². The van der Waals surface area contributed by atoms with E-state index in [-0.39, 0.29) is 12.7 Å². The molecular formula is C14H11BrN2O3. The Morgan fingerprint density at radius 3 is 2.75 bits per heavy atom. The highest BCUT2D eigenvalue weighted by Gasteiger charge is 2.14. The normalized spacial score (nSPS) is 12.2. The lowest BCUT2D eigenvalue weighted by Crippen LogP contribution is -2.12. The van der Waals surface area contributed by atoms with Crippen LogP contribution >= 0.6 is 15.9 Å². The summed E-state index contributed by atoms with van der Waals surface area (Å²) in [6, 6.07) is 10.3. The SMILES string of the molecule is Nc1cc(C(=O)Nc2ccc3c(c2)OCO3)ccc1Br. The maximum atomic E-state index is 12.1. The van der Waals surface area contributed by atoms with Crippen LogP contribution in [0.1, 0.15) is 10.4 Å². The van der Waals surface area contributed by atoms with E-state index in [1.54, 1.807) is 36.4 Å². The first-order valence-corrected chi connectivity index (χ1v) is 6.69. The summed E-state index contributed by atoms with van der Waals surface area (Å²) in [7, 11) is 0. The molecule has 6 heteroatoms. The van der Waals surface area contributed by atoms with Gasteiger partial charge in [-0.05, 0) is 46.3 Å². The zero-order valence-corrected chi connectivity index (χ0v) is 11.9. The van der Waals surface area contributed by atoms with Crippen molar-refractivity contribution in [2.45, 2.75) is 0 Å². The van der Waals surface area contributed by atoms with Gasteiger partial charge in [0.15, 0.2) is 11.5 Å². The van der Waals surface area contributed by atoms with E-state index < -0.39 is 0 Å². The van der Waals surface area contributed by atoms with E-state index in [0.29, 0.717) is 28.4 Å². The quantitative estimate of drug-likeness (QED) is 0.828. The number of halogens is 1. The molecule has 20 heavy (non-hydrogen) atoms. The molecule has 0 fully saturated rings. The summed E-state index contributed by atoms with van der Waals surface area (Å²) >= 11 is 3.29. The Labute approximate surface area is 123 Å². The van der Waals surface area contributed by atoms with Gasteiger partial charge in [-0.1, -0.05) is 0 Å². The van der Waals surface area contributed by atoms with Crippen molar-refractivity contribution < 1.29 is 14.3 Å². The van der Waals surface area contributed by atoms with Crippen molar-refractivity contribution in [2.75, 3.05) is 17.8 Å². The Morgan fingerprint density at radius 2 is 1.95 bits per heavy atom. The first-order chi connectivity index (χ1) is 9.63. The van der Waals surface area contributed by atoms with E-state index in [9.17, 15) is 4.79 Å². The number of benzene rings is 2. The predicted octanol–water partition coefficient (Wildman–Crippen LogP) is 3.01. The number of rotatable bonds is 2. The molecule has 102 valence electrons. The lowest BCUT2D eigenvalue weighted by molar-refractivity contribution is 0.102. The number of carbonyl (C=O) groups excluding carboxylic acids is 1. The Bertz CT molecular complexity index is 688. The Kier molecular flexibility index (Phi) is 3.23. The van der Waals surface area contributed by atoms with Crippen LogP contribution in [0.25, 0.3) is 0 Å². The molecule has 0 unspecified atom stereocenters.